The lowest BCUT2D eigenvalue weighted by Gasteiger charge is -2.22. The average Bonchev–Trinajstić information content (AvgIpc) is 2.61. The van der Waals surface area contributed by atoms with Crippen molar-refractivity contribution in [2.24, 2.45) is 5.92 Å². The first-order chi connectivity index (χ1) is 11.5. The summed E-state index contributed by atoms with van der Waals surface area (Å²) in [4.78, 5) is 14.2. The van der Waals surface area contributed by atoms with Crippen LogP contribution in [0.4, 0.5) is 10.1 Å². The van der Waals surface area contributed by atoms with E-state index in [0.717, 1.165) is 0 Å². The van der Waals surface area contributed by atoms with Gasteiger partial charge in [0.25, 0.3) is 0 Å². The molecule has 1 amide bonds. The molecular weight excluding hydrogens is 309 g/mol. The third kappa shape index (κ3) is 3.85. The zero-order chi connectivity index (χ0) is 17.7. The molecule has 0 radical (unpaired) electrons. The number of hydrogen-bond donors (Lipinski definition) is 0. The topological polar surface area (TPSA) is 38.8 Å². The van der Waals surface area contributed by atoms with Crippen LogP contribution in [0.5, 0.6) is 11.5 Å². The Morgan fingerprint density at radius 3 is 2.42 bits per heavy atom. The zero-order valence-electron chi connectivity index (χ0n) is 14.4. The second kappa shape index (κ2) is 7.81. The largest absolute Gasteiger partial charge is 0.493 e. The van der Waals surface area contributed by atoms with Gasteiger partial charge >= 0.3 is 0 Å². The molecule has 0 heterocycles. The number of amides is 1. The summed E-state index contributed by atoms with van der Waals surface area (Å²) in [5.74, 6) is 0.425. The van der Waals surface area contributed by atoms with Crippen LogP contribution in [-0.2, 0) is 11.2 Å². The molecule has 1 unspecified atom stereocenters. The number of rotatable bonds is 6. The van der Waals surface area contributed by atoms with Crippen LogP contribution in [0.15, 0.2) is 42.5 Å². The summed E-state index contributed by atoms with van der Waals surface area (Å²) in [6, 6.07) is 11.8. The normalized spacial score (nSPS) is 11.7. The highest BCUT2D eigenvalue weighted by Gasteiger charge is 2.21. The SMILES string of the molecule is COc1ccc(N(C)C(=O)C(C)Cc2ccccc2F)cc1OC. The van der Waals surface area contributed by atoms with E-state index >= 15 is 0 Å². The van der Waals surface area contributed by atoms with Gasteiger partial charge in [-0.25, -0.2) is 4.39 Å². The second-order valence-electron chi connectivity index (χ2n) is 5.63. The molecule has 2 rings (SSSR count). The van der Waals surface area contributed by atoms with Crippen LogP contribution in [0.3, 0.4) is 0 Å². The van der Waals surface area contributed by atoms with Crippen molar-refractivity contribution in [3.63, 3.8) is 0 Å². The van der Waals surface area contributed by atoms with Gasteiger partial charge in [0.15, 0.2) is 11.5 Å². The van der Waals surface area contributed by atoms with Crippen molar-refractivity contribution in [3.8, 4) is 11.5 Å². The van der Waals surface area contributed by atoms with Crippen molar-refractivity contribution in [3.05, 3.63) is 53.8 Å². The minimum atomic E-state index is -0.347. The van der Waals surface area contributed by atoms with Gasteiger partial charge in [-0.05, 0) is 30.2 Å². The standard InChI is InChI=1S/C19H22FNO3/c1-13(11-14-7-5-6-8-16(14)20)19(22)21(2)15-9-10-17(23-3)18(12-15)24-4/h5-10,12-13H,11H2,1-4H3. The Hall–Kier alpha value is -2.56. The molecule has 128 valence electrons. The predicted octanol–water partition coefficient (Wildman–Crippen LogP) is 3.68. The van der Waals surface area contributed by atoms with E-state index in [-0.39, 0.29) is 17.6 Å². The van der Waals surface area contributed by atoms with Crippen molar-refractivity contribution in [1.29, 1.82) is 0 Å². The number of carbonyl (C=O) groups is 1. The Morgan fingerprint density at radius 1 is 1.12 bits per heavy atom. The molecule has 0 aliphatic carbocycles. The summed E-state index contributed by atoms with van der Waals surface area (Å²) >= 11 is 0. The van der Waals surface area contributed by atoms with Gasteiger partial charge in [-0.15, -0.1) is 0 Å². The van der Waals surface area contributed by atoms with Crippen molar-refractivity contribution >= 4 is 11.6 Å². The van der Waals surface area contributed by atoms with Gasteiger partial charge in [0.05, 0.1) is 14.2 Å². The van der Waals surface area contributed by atoms with E-state index in [2.05, 4.69) is 0 Å². The summed E-state index contributed by atoms with van der Waals surface area (Å²) in [7, 11) is 4.80. The van der Waals surface area contributed by atoms with Crippen molar-refractivity contribution in [2.45, 2.75) is 13.3 Å². The van der Waals surface area contributed by atoms with Crippen molar-refractivity contribution < 1.29 is 18.7 Å². The van der Waals surface area contributed by atoms with E-state index in [1.807, 2.05) is 0 Å². The van der Waals surface area contributed by atoms with Crippen LogP contribution in [0.2, 0.25) is 0 Å². The van der Waals surface area contributed by atoms with E-state index < -0.39 is 0 Å². The number of anilines is 1. The van der Waals surface area contributed by atoms with Crippen LogP contribution >= 0.6 is 0 Å². The molecule has 0 bridgehead atoms. The molecule has 2 aromatic rings. The van der Waals surface area contributed by atoms with Crippen molar-refractivity contribution in [1.82, 2.24) is 0 Å². The van der Waals surface area contributed by atoms with Gasteiger partial charge in [0, 0.05) is 24.7 Å². The lowest BCUT2D eigenvalue weighted by atomic mass is 9.99. The molecule has 0 fully saturated rings. The molecule has 0 aliphatic rings. The third-order valence-corrected chi connectivity index (χ3v) is 3.99. The maximum atomic E-state index is 13.8. The maximum Gasteiger partial charge on any atom is 0.229 e. The van der Waals surface area contributed by atoms with Crippen LogP contribution in [0, 0.1) is 11.7 Å². The monoisotopic (exact) mass is 331 g/mol. The highest BCUT2D eigenvalue weighted by Crippen LogP contribution is 2.31. The number of carbonyl (C=O) groups excluding carboxylic acids is 1. The zero-order valence-corrected chi connectivity index (χ0v) is 14.4. The highest BCUT2D eigenvalue weighted by atomic mass is 19.1. The first-order valence-electron chi connectivity index (χ1n) is 7.71. The lowest BCUT2D eigenvalue weighted by Crippen LogP contribution is -2.32. The number of methoxy groups -OCH3 is 2. The predicted molar refractivity (Wildman–Crippen MR) is 92.2 cm³/mol. The van der Waals surface area contributed by atoms with Crippen LogP contribution in [0.1, 0.15) is 12.5 Å². The van der Waals surface area contributed by atoms with Gasteiger partial charge in [0.1, 0.15) is 5.82 Å². The number of benzene rings is 2. The molecule has 0 spiro atoms. The summed E-state index contributed by atoms with van der Waals surface area (Å²) in [6.45, 7) is 1.80. The fourth-order valence-corrected chi connectivity index (χ4v) is 2.57. The highest BCUT2D eigenvalue weighted by molar-refractivity contribution is 5.94. The van der Waals surface area contributed by atoms with Crippen LogP contribution in [-0.4, -0.2) is 27.2 Å². The Labute approximate surface area is 141 Å². The molecule has 0 aliphatic heterocycles. The van der Waals surface area contributed by atoms with Crippen LogP contribution in [0.25, 0.3) is 0 Å². The van der Waals surface area contributed by atoms with Crippen LogP contribution < -0.4 is 14.4 Å². The van der Waals surface area contributed by atoms with E-state index in [4.69, 9.17) is 9.47 Å². The number of nitrogens with zero attached hydrogens (tertiary/aromatic N) is 1. The Morgan fingerprint density at radius 2 is 1.79 bits per heavy atom. The first-order valence-corrected chi connectivity index (χ1v) is 7.71. The fourth-order valence-electron chi connectivity index (χ4n) is 2.57. The maximum absolute atomic E-state index is 13.8. The minimum Gasteiger partial charge on any atom is -0.493 e. The summed E-state index contributed by atoms with van der Waals surface area (Å²) < 4.78 is 24.2. The molecule has 0 aromatic heterocycles. The molecule has 2 aromatic carbocycles. The molecule has 1 atom stereocenters. The van der Waals surface area contributed by atoms with Gasteiger partial charge in [0.2, 0.25) is 5.91 Å². The van der Waals surface area contributed by atoms with Gasteiger partial charge in [-0.1, -0.05) is 25.1 Å². The molecule has 24 heavy (non-hydrogen) atoms. The molecule has 4 nitrogen and oxygen atoms in total. The molecule has 0 saturated heterocycles. The second-order valence-corrected chi connectivity index (χ2v) is 5.63. The molecule has 5 heteroatoms. The Bertz CT molecular complexity index is 718. The van der Waals surface area contributed by atoms with Gasteiger partial charge in [-0.3, -0.25) is 4.79 Å². The first kappa shape index (κ1) is 17.8. The van der Waals surface area contributed by atoms with Crippen molar-refractivity contribution in [2.75, 3.05) is 26.2 Å². The molecule has 0 N–H and O–H groups in total. The van der Waals surface area contributed by atoms with E-state index in [1.165, 1.54) is 6.07 Å². The smallest absolute Gasteiger partial charge is 0.229 e. The fraction of sp³-hybridized carbons (Fsp3) is 0.316. The van der Waals surface area contributed by atoms with E-state index in [0.29, 0.717) is 29.2 Å². The van der Waals surface area contributed by atoms with Gasteiger partial charge < -0.3 is 14.4 Å². The summed E-state index contributed by atoms with van der Waals surface area (Å²) in [5, 5.41) is 0. The summed E-state index contributed by atoms with van der Waals surface area (Å²) in [6.07, 6.45) is 0.350. The van der Waals surface area contributed by atoms with E-state index in [1.54, 1.807) is 69.5 Å². The number of halogens is 1. The molecular formula is C19H22FNO3. The van der Waals surface area contributed by atoms with Gasteiger partial charge in [-0.2, -0.15) is 0 Å². The number of ether oxygens (including phenoxy) is 2. The Balaban J connectivity index is 2.15. The third-order valence-electron chi connectivity index (χ3n) is 3.99. The lowest BCUT2D eigenvalue weighted by molar-refractivity contribution is -0.121. The minimum absolute atomic E-state index is 0.0922. The summed E-state index contributed by atoms with van der Waals surface area (Å²) in [5.41, 5.74) is 1.23. The van der Waals surface area contributed by atoms with E-state index in [9.17, 15) is 9.18 Å². The number of hydrogen-bond acceptors (Lipinski definition) is 3. The quantitative estimate of drug-likeness (QED) is 0.810. The average molecular weight is 331 g/mol. The Kier molecular flexibility index (Phi) is 5.79. The molecule has 0 saturated carbocycles.